The Morgan fingerprint density at radius 3 is 1.00 bits per heavy atom. The van der Waals surface area contributed by atoms with Crippen molar-refractivity contribution in [2.24, 2.45) is 0 Å². The molecule has 0 N–H and O–H groups in total. The van der Waals surface area contributed by atoms with Gasteiger partial charge in [-0.15, -0.1) is 0 Å². The molecule has 62 heavy (non-hydrogen) atoms. The Balaban J connectivity index is 4.39. The van der Waals surface area contributed by atoms with E-state index in [0.29, 0.717) is 19.3 Å². The summed E-state index contributed by atoms with van der Waals surface area (Å²) in [5, 5.41) is 0. The van der Waals surface area contributed by atoms with Gasteiger partial charge in [0.05, 0.1) is 0 Å². The third-order valence-corrected chi connectivity index (χ3v) is 11.6. The van der Waals surface area contributed by atoms with Gasteiger partial charge in [0, 0.05) is 19.3 Å². The lowest BCUT2D eigenvalue weighted by Gasteiger charge is -2.18. The first kappa shape index (κ1) is 59.4. The van der Waals surface area contributed by atoms with Gasteiger partial charge < -0.3 is 14.2 Å². The van der Waals surface area contributed by atoms with Gasteiger partial charge in [0.2, 0.25) is 0 Å². The molecule has 6 heteroatoms. The number of carbonyl (C=O) groups is 3. The summed E-state index contributed by atoms with van der Waals surface area (Å²) in [6, 6.07) is 0. The molecule has 0 saturated heterocycles. The molecule has 0 radical (unpaired) electrons. The maximum atomic E-state index is 12.8. The summed E-state index contributed by atoms with van der Waals surface area (Å²) in [5.41, 5.74) is 0. The van der Waals surface area contributed by atoms with Crippen LogP contribution in [-0.2, 0) is 28.6 Å². The van der Waals surface area contributed by atoms with Crippen LogP contribution in [-0.4, -0.2) is 37.2 Å². The molecule has 0 rings (SSSR count). The Morgan fingerprint density at radius 2 is 0.629 bits per heavy atom. The van der Waals surface area contributed by atoms with Gasteiger partial charge in [-0.25, -0.2) is 0 Å². The van der Waals surface area contributed by atoms with Crippen LogP contribution in [0.5, 0.6) is 0 Å². The van der Waals surface area contributed by atoms with Crippen molar-refractivity contribution in [1.29, 1.82) is 0 Å². The van der Waals surface area contributed by atoms with Gasteiger partial charge in [-0.1, -0.05) is 223 Å². The van der Waals surface area contributed by atoms with Crippen LogP contribution in [0.4, 0.5) is 0 Å². The molecule has 0 bridgehead atoms. The molecule has 0 spiro atoms. The van der Waals surface area contributed by atoms with Crippen LogP contribution in [0.1, 0.15) is 271 Å². The number of hydrogen-bond donors (Lipinski definition) is 0. The maximum absolute atomic E-state index is 12.8. The highest BCUT2D eigenvalue weighted by Crippen LogP contribution is 2.15. The highest BCUT2D eigenvalue weighted by atomic mass is 16.6. The topological polar surface area (TPSA) is 78.9 Å². The number of carbonyl (C=O) groups excluding carboxylic acids is 3. The van der Waals surface area contributed by atoms with Crippen LogP contribution in [0.3, 0.4) is 0 Å². The average Bonchev–Trinajstić information content (AvgIpc) is 3.27. The van der Waals surface area contributed by atoms with Crippen LogP contribution in [0.15, 0.2) is 48.6 Å². The van der Waals surface area contributed by atoms with Gasteiger partial charge in [-0.2, -0.15) is 0 Å². The van der Waals surface area contributed by atoms with Gasteiger partial charge in [0.25, 0.3) is 0 Å². The minimum atomic E-state index is -0.782. The van der Waals surface area contributed by atoms with Crippen molar-refractivity contribution in [3.63, 3.8) is 0 Å². The third kappa shape index (κ3) is 48.4. The fourth-order valence-electron chi connectivity index (χ4n) is 7.57. The molecule has 0 aromatic rings. The second-order valence-corrected chi connectivity index (χ2v) is 17.8. The van der Waals surface area contributed by atoms with Gasteiger partial charge in [-0.05, 0) is 77.0 Å². The van der Waals surface area contributed by atoms with Crippen LogP contribution < -0.4 is 0 Å². The summed E-state index contributed by atoms with van der Waals surface area (Å²) in [5.74, 6) is -0.897. The van der Waals surface area contributed by atoms with E-state index in [1.165, 1.54) is 128 Å². The van der Waals surface area contributed by atoms with E-state index >= 15 is 0 Å². The van der Waals surface area contributed by atoms with Gasteiger partial charge in [-0.3, -0.25) is 14.4 Å². The Hall–Kier alpha value is -2.63. The first-order valence-electron chi connectivity index (χ1n) is 26.6. The number of rotatable bonds is 48. The Bertz CT molecular complexity index is 1090. The van der Waals surface area contributed by atoms with Crippen molar-refractivity contribution < 1.29 is 28.6 Å². The lowest BCUT2D eigenvalue weighted by atomic mass is 10.0. The Morgan fingerprint density at radius 1 is 0.339 bits per heavy atom. The SMILES string of the molecule is CC/C=C\C/C=C\C/C=C\CCCCCCCC(=O)OC(COC(=O)CCCCCCC/C=C\CCCCCCCCC)COC(=O)CCCCCCCCCCCCCCC. The predicted octanol–water partition coefficient (Wildman–Crippen LogP) is 17.5. The summed E-state index contributed by atoms with van der Waals surface area (Å²) in [4.78, 5) is 38.0. The molecule has 360 valence electrons. The maximum Gasteiger partial charge on any atom is 0.306 e. The molecule has 0 aromatic heterocycles. The van der Waals surface area contributed by atoms with E-state index in [0.717, 1.165) is 103 Å². The average molecular weight is 869 g/mol. The first-order valence-corrected chi connectivity index (χ1v) is 26.6. The largest absolute Gasteiger partial charge is 0.462 e. The van der Waals surface area contributed by atoms with Crippen molar-refractivity contribution >= 4 is 17.9 Å². The highest BCUT2D eigenvalue weighted by molar-refractivity contribution is 5.71. The smallest absolute Gasteiger partial charge is 0.306 e. The van der Waals surface area contributed by atoms with Crippen LogP contribution in [0.2, 0.25) is 0 Å². The second-order valence-electron chi connectivity index (χ2n) is 17.8. The summed E-state index contributed by atoms with van der Waals surface area (Å²) in [6.07, 6.45) is 60.9. The molecule has 0 aromatic carbocycles. The van der Waals surface area contributed by atoms with Gasteiger partial charge in [0.15, 0.2) is 6.10 Å². The number of esters is 3. The monoisotopic (exact) mass is 869 g/mol. The molecule has 0 heterocycles. The zero-order chi connectivity index (χ0) is 45.1. The zero-order valence-corrected chi connectivity index (χ0v) is 41.1. The third-order valence-electron chi connectivity index (χ3n) is 11.6. The lowest BCUT2D eigenvalue weighted by molar-refractivity contribution is -0.167. The molecule has 0 aliphatic heterocycles. The second kappa shape index (κ2) is 51.0. The summed E-state index contributed by atoms with van der Waals surface area (Å²) in [7, 11) is 0. The van der Waals surface area contributed by atoms with E-state index in [1.54, 1.807) is 0 Å². The van der Waals surface area contributed by atoms with Crippen molar-refractivity contribution in [1.82, 2.24) is 0 Å². The summed E-state index contributed by atoms with van der Waals surface area (Å²) < 4.78 is 16.8. The molecule has 0 saturated carbocycles. The van der Waals surface area contributed by atoms with Crippen molar-refractivity contribution in [2.75, 3.05) is 13.2 Å². The fourth-order valence-corrected chi connectivity index (χ4v) is 7.57. The Labute approximate surface area is 384 Å². The molecule has 0 fully saturated rings. The fraction of sp³-hybridized carbons (Fsp3) is 0.804. The van der Waals surface area contributed by atoms with Gasteiger partial charge in [0.1, 0.15) is 13.2 Å². The predicted molar refractivity (Wildman–Crippen MR) is 265 cm³/mol. The summed E-state index contributed by atoms with van der Waals surface area (Å²) in [6.45, 7) is 6.52. The number of allylic oxidation sites excluding steroid dienone is 8. The standard InChI is InChI=1S/C56H100O6/c1-4-7-10-13-16-19-22-25-27-29-31-34-37-40-43-46-49-55(58)61-52-53(51-60-54(57)48-45-42-39-36-33-30-24-21-18-15-12-9-6-3)62-56(59)50-47-44-41-38-35-32-28-26-23-20-17-14-11-8-5-2/h8,11,17,20,26-29,53H,4-7,9-10,12-16,18-19,21-25,30-52H2,1-3H3/b11-8-,20-17-,28-26-,29-27-. The Kier molecular flexibility index (Phi) is 48.8. The minimum absolute atomic E-state index is 0.0804. The molecular formula is C56H100O6. The molecule has 0 aliphatic rings. The highest BCUT2D eigenvalue weighted by Gasteiger charge is 2.19. The quantitative estimate of drug-likeness (QED) is 0.0262. The van der Waals surface area contributed by atoms with Crippen LogP contribution in [0, 0.1) is 0 Å². The number of unbranched alkanes of at least 4 members (excludes halogenated alkanes) is 29. The molecule has 1 unspecified atom stereocenters. The normalized spacial score (nSPS) is 12.4. The lowest BCUT2D eigenvalue weighted by Crippen LogP contribution is -2.30. The number of hydrogen-bond acceptors (Lipinski definition) is 6. The van der Waals surface area contributed by atoms with Crippen LogP contribution in [0.25, 0.3) is 0 Å². The molecule has 0 aliphatic carbocycles. The molecule has 0 amide bonds. The van der Waals surface area contributed by atoms with E-state index in [4.69, 9.17) is 14.2 Å². The van der Waals surface area contributed by atoms with E-state index in [1.807, 2.05) is 0 Å². The first-order chi connectivity index (χ1) is 30.5. The van der Waals surface area contributed by atoms with Crippen molar-refractivity contribution in [3.8, 4) is 0 Å². The number of ether oxygens (including phenoxy) is 3. The van der Waals surface area contributed by atoms with Gasteiger partial charge >= 0.3 is 17.9 Å². The summed E-state index contributed by atoms with van der Waals surface area (Å²) >= 11 is 0. The van der Waals surface area contributed by atoms with Crippen molar-refractivity contribution in [3.05, 3.63) is 48.6 Å². The molecular weight excluding hydrogens is 769 g/mol. The molecule has 1 atom stereocenters. The van der Waals surface area contributed by atoms with E-state index < -0.39 is 6.10 Å². The molecule has 6 nitrogen and oxygen atoms in total. The van der Waals surface area contributed by atoms with E-state index in [-0.39, 0.29) is 31.1 Å². The van der Waals surface area contributed by atoms with Crippen molar-refractivity contribution in [2.45, 2.75) is 277 Å². The zero-order valence-electron chi connectivity index (χ0n) is 41.1. The van der Waals surface area contributed by atoms with E-state index in [9.17, 15) is 14.4 Å². The van der Waals surface area contributed by atoms with E-state index in [2.05, 4.69) is 69.4 Å². The van der Waals surface area contributed by atoms with Crippen LogP contribution >= 0.6 is 0 Å². The minimum Gasteiger partial charge on any atom is -0.462 e.